The number of hydrogen-bond donors (Lipinski definition) is 1. The van der Waals surface area contributed by atoms with E-state index in [4.69, 9.17) is 4.74 Å². The van der Waals surface area contributed by atoms with Gasteiger partial charge in [0.25, 0.3) is 11.1 Å². The molecule has 0 atom stereocenters. The van der Waals surface area contributed by atoms with Gasteiger partial charge < -0.3 is 10.1 Å². The number of imide groups is 1. The van der Waals surface area contributed by atoms with Crippen molar-refractivity contribution in [2.24, 2.45) is 0 Å². The highest BCUT2D eigenvalue weighted by Crippen LogP contribution is 2.31. The lowest BCUT2D eigenvalue weighted by molar-refractivity contribution is -0.124. The van der Waals surface area contributed by atoms with Gasteiger partial charge in [0, 0.05) is 19.5 Å². The number of carbonyl (C=O) groups excluding carboxylic acids is 3. The maximum atomic E-state index is 12.4. The number of nitrogens with zero attached hydrogens (tertiary/aromatic N) is 1. The van der Waals surface area contributed by atoms with Gasteiger partial charge in [0.2, 0.25) is 5.91 Å². The van der Waals surface area contributed by atoms with Crippen molar-refractivity contribution in [3.63, 3.8) is 0 Å². The highest BCUT2D eigenvalue weighted by molar-refractivity contribution is 8.18. The monoisotopic (exact) mass is 410 g/mol. The molecule has 0 radical (unpaired) electrons. The third-order valence-corrected chi connectivity index (χ3v) is 5.10. The van der Waals surface area contributed by atoms with E-state index in [1.807, 2.05) is 60.7 Å². The second-order valence-corrected chi connectivity index (χ2v) is 7.35. The van der Waals surface area contributed by atoms with E-state index in [9.17, 15) is 14.4 Å². The van der Waals surface area contributed by atoms with Crippen LogP contribution in [0.3, 0.4) is 0 Å². The Bertz CT molecular complexity index is 884. The van der Waals surface area contributed by atoms with Crippen LogP contribution in [0.2, 0.25) is 0 Å². The minimum absolute atomic E-state index is 0.131. The Hall–Kier alpha value is -3.06. The molecule has 3 rings (SSSR count). The summed E-state index contributed by atoms with van der Waals surface area (Å²) in [6, 6.07) is 18.8. The third kappa shape index (κ3) is 6.22. The van der Waals surface area contributed by atoms with Gasteiger partial charge in [-0.2, -0.15) is 0 Å². The molecule has 1 heterocycles. The molecule has 1 N–H and O–H groups in total. The first-order valence-electron chi connectivity index (χ1n) is 9.38. The van der Waals surface area contributed by atoms with Gasteiger partial charge in [-0.3, -0.25) is 19.3 Å². The molecule has 150 valence electrons. The van der Waals surface area contributed by atoms with Gasteiger partial charge in [-0.25, -0.2) is 0 Å². The zero-order chi connectivity index (χ0) is 20.5. The van der Waals surface area contributed by atoms with Crippen molar-refractivity contribution in [2.75, 3.05) is 19.7 Å². The molecule has 0 unspecified atom stereocenters. The Morgan fingerprint density at radius 2 is 1.72 bits per heavy atom. The fourth-order valence-corrected chi connectivity index (χ4v) is 3.59. The first-order valence-corrected chi connectivity index (χ1v) is 10.2. The number of benzene rings is 2. The largest absolute Gasteiger partial charge is 0.494 e. The minimum atomic E-state index is -0.325. The molecule has 7 heteroatoms. The Kier molecular flexibility index (Phi) is 7.47. The van der Waals surface area contributed by atoms with Gasteiger partial charge in [-0.1, -0.05) is 48.5 Å². The average Bonchev–Trinajstić information content (AvgIpc) is 3.00. The Balaban J connectivity index is 1.37. The number of carbonyl (C=O) groups is 3. The average molecular weight is 410 g/mol. The number of thioether (sulfide) groups is 1. The van der Waals surface area contributed by atoms with E-state index in [0.29, 0.717) is 24.4 Å². The third-order valence-electron chi connectivity index (χ3n) is 4.19. The summed E-state index contributed by atoms with van der Waals surface area (Å²) >= 11 is 0.920. The van der Waals surface area contributed by atoms with Crippen LogP contribution >= 0.6 is 11.8 Å². The SMILES string of the molecule is O=C(CCCOc1ccccc1)NCCN1C(=O)SC(=Cc2ccccc2)C1=O. The van der Waals surface area contributed by atoms with Crippen molar-refractivity contribution in [1.82, 2.24) is 10.2 Å². The molecule has 0 aromatic heterocycles. The van der Waals surface area contributed by atoms with Crippen LogP contribution in [-0.4, -0.2) is 41.6 Å². The van der Waals surface area contributed by atoms with Crippen LogP contribution < -0.4 is 10.1 Å². The predicted octanol–water partition coefficient (Wildman–Crippen LogP) is 3.70. The Morgan fingerprint density at radius 3 is 2.45 bits per heavy atom. The molecule has 1 aliphatic rings. The van der Waals surface area contributed by atoms with Crippen LogP contribution in [0.25, 0.3) is 6.08 Å². The number of amides is 3. The van der Waals surface area contributed by atoms with E-state index < -0.39 is 0 Å². The van der Waals surface area contributed by atoms with E-state index in [1.54, 1.807) is 6.08 Å². The lowest BCUT2D eigenvalue weighted by Gasteiger charge is -2.13. The quantitative estimate of drug-likeness (QED) is 0.504. The number of hydrogen-bond acceptors (Lipinski definition) is 5. The summed E-state index contributed by atoms with van der Waals surface area (Å²) in [5, 5.41) is 2.43. The van der Waals surface area contributed by atoms with Crippen molar-refractivity contribution in [2.45, 2.75) is 12.8 Å². The highest BCUT2D eigenvalue weighted by Gasteiger charge is 2.34. The minimum Gasteiger partial charge on any atom is -0.494 e. The van der Waals surface area contributed by atoms with Crippen molar-refractivity contribution in [3.8, 4) is 5.75 Å². The molecule has 0 saturated carbocycles. The molecule has 29 heavy (non-hydrogen) atoms. The molecule has 2 aromatic rings. The van der Waals surface area contributed by atoms with Crippen LogP contribution in [0.15, 0.2) is 65.6 Å². The summed E-state index contributed by atoms with van der Waals surface area (Å²) in [6.07, 6.45) is 2.61. The topological polar surface area (TPSA) is 75.7 Å². The van der Waals surface area contributed by atoms with Gasteiger partial charge in [-0.15, -0.1) is 0 Å². The summed E-state index contributed by atoms with van der Waals surface area (Å²) in [4.78, 5) is 38.0. The Morgan fingerprint density at radius 1 is 1.03 bits per heavy atom. The molecule has 3 amide bonds. The van der Waals surface area contributed by atoms with Gasteiger partial charge in [-0.05, 0) is 42.0 Å². The summed E-state index contributed by atoms with van der Waals surface area (Å²) in [6.45, 7) is 0.836. The van der Waals surface area contributed by atoms with Crippen LogP contribution in [0.5, 0.6) is 5.75 Å². The smallest absolute Gasteiger partial charge is 0.293 e. The van der Waals surface area contributed by atoms with Crippen molar-refractivity contribution in [3.05, 3.63) is 71.1 Å². The van der Waals surface area contributed by atoms with Gasteiger partial charge in [0.15, 0.2) is 0 Å². The van der Waals surface area contributed by atoms with E-state index >= 15 is 0 Å². The predicted molar refractivity (Wildman–Crippen MR) is 113 cm³/mol. The maximum absolute atomic E-state index is 12.4. The molecule has 0 spiro atoms. The van der Waals surface area contributed by atoms with Crippen LogP contribution in [-0.2, 0) is 9.59 Å². The first kappa shape index (κ1) is 20.7. The van der Waals surface area contributed by atoms with Crippen molar-refractivity contribution < 1.29 is 19.1 Å². The fourth-order valence-electron chi connectivity index (χ4n) is 2.73. The Labute approximate surface area is 173 Å². The molecule has 1 saturated heterocycles. The lowest BCUT2D eigenvalue weighted by Crippen LogP contribution is -2.37. The second kappa shape index (κ2) is 10.5. The zero-order valence-corrected chi connectivity index (χ0v) is 16.7. The lowest BCUT2D eigenvalue weighted by atomic mass is 10.2. The molecule has 0 aliphatic carbocycles. The maximum Gasteiger partial charge on any atom is 0.293 e. The molecule has 0 bridgehead atoms. The molecule has 2 aromatic carbocycles. The van der Waals surface area contributed by atoms with Gasteiger partial charge in [0.1, 0.15) is 5.75 Å². The zero-order valence-electron chi connectivity index (χ0n) is 15.9. The van der Waals surface area contributed by atoms with E-state index in [1.165, 1.54) is 0 Å². The van der Waals surface area contributed by atoms with E-state index in [2.05, 4.69) is 5.32 Å². The number of ether oxygens (including phenoxy) is 1. The fraction of sp³-hybridized carbons (Fsp3) is 0.227. The second-order valence-electron chi connectivity index (χ2n) is 6.36. The molecule has 1 aliphatic heterocycles. The normalized spacial score (nSPS) is 15.0. The number of rotatable bonds is 9. The van der Waals surface area contributed by atoms with Crippen LogP contribution in [0, 0.1) is 0 Å². The highest BCUT2D eigenvalue weighted by atomic mass is 32.2. The summed E-state index contributed by atoms with van der Waals surface area (Å²) in [7, 11) is 0. The number of para-hydroxylation sites is 1. The number of nitrogens with one attached hydrogen (secondary N) is 1. The van der Waals surface area contributed by atoms with E-state index in [0.717, 1.165) is 28.0 Å². The molecule has 1 fully saturated rings. The van der Waals surface area contributed by atoms with E-state index in [-0.39, 0.29) is 30.1 Å². The standard InChI is InChI=1S/C22H22N2O4S/c25-20(12-7-15-28-18-10-5-2-6-11-18)23-13-14-24-21(26)19(29-22(24)27)16-17-8-3-1-4-9-17/h1-6,8-11,16H,7,12-15H2,(H,23,25). The van der Waals surface area contributed by atoms with Crippen LogP contribution in [0.4, 0.5) is 4.79 Å². The summed E-state index contributed by atoms with van der Waals surface area (Å²) in [5.74, 6) is 0.318. The van der Waals surface area contributed by atoms with Gasteiger partial charge >= 0.3 is 0 Å². The molecular formula is C22H22N2O4S. The van der Waals surface area contributed by atoms with Crippen molar-refractivity contribution in [1.29, 1.82) is 0 Å². The van der Waals surface area contributed by atoms with Crippen LogP contribution in [0.1, 0.15) is 18.4 Å². The molecule has 6 nitrogen and oxygen atoms in total. The summed E-state index contributed by atoms with van der Waals surface area (Å²) in [5.41, 5.74) is 0.865. The molecular weight excluding hydrogens is 388 g/mol. The first-order chi connectivity index (χ1) is 14.1. The van der Waals surface area contributed by atoms with Gasteiger partial charge in [0.05, 0.1) is 11.5 Å². The van der Waals surface area contributed by atoms with Crippen molar-refractivity contribution >= 4 is 34.9 Å². The summed E-state index contributed by atoms with van der Waals surface area (Å²) < 4.78 is 5.54.